The molecule has 208 valence electrons. The smallest absolute Gasteiger partial charge is 0.0622 e. The molecule has 0 radical (unpaired) electrons. The SMILES string of the molecule is Cc1ccc2c(c1)C(c1ccccc1)(c1ccccc1)c1cc(-c3ccc4cc(/C=C/c5ccccc5)ccc4c3)ccc1-2. The summed E-state index contributed by atoms with van der Waals surface area (Å²) in [5.74, 6) is 0. The lowest BCUT2D eigenvalue weighted by atomic mass is 9.67. The highest BCUT2D eigenvalue weighted by Gasteiger charge is 2.46. The van der Waals surface area contributed by atoms with Crippen LogP contribution in [0, 0.1) is 6.92 Å². The molecule has 0 nitrogen and oxygen atoms in total. The average Bonchev–Trinajstić information content (AvgIpc) is 3.37. The summed E-state index contributed by atoms with van der Waals surface area (Å²) in [5, 5.41) is 2.49. The number of hydrogen-bond donors (Lipinski definition) is 0. The minimum Gasteiger partial charge on any atom is -0.0622 e. The molecule has 7 aromatic carbocycles. The summed E-state index contributed by atoms with van der Waals surface area (Å²) in [6.07, 6.45) is 4.36. The van der Waals surface area contributed by atoms with Gasteiger partial charge in [0.1, 0.15) is 0 Å². The van der Waals surface area contributed by atoms with Gasteiger partial charge < -0.3 is 0 Å². The van der Waals surface area contributed by atoms with Gasteiger partial charge in [-0.1, -0.05) is 163 Å². The van der Waals surface area contributed by atoms with Gasteiger partial charge in [-0.3, -0.25) is 0 Å². The first-order valence-electron chi connectivity index (χ1n) is 15.3. The Balaban J connectivity index is 1.27. The molecule has 0 bridgehead atoms. The Morgan fingerprint density at radius 1 is 0.409 bits per heavy atom. The Morgan fingerprint density at radius 2 is 0.932 bits per heavy atom. The van der Waals surface area contributed by atoms with E-state index in [0.717, 1.165) is 0 Å². The number of benzene rings is 7. The maximum Gasteiger partial charge on any atom is 0.0713 e. The summed E-state index contributed by atoms with van der Waals surface area (Å²) in [7, 11) is 0. The normalized spacial score (nSPS) is 13.2. The van der Waals surface area contributed by atoms with E-state index in [1.165, 1.54) is 72.0 Å². The number of hydrogen-bond acceptors (Lipinski definition) is 0. The van der Waals surface area contributed by atoms with Crippen molar-refractivity contribution in [3.63, 3.8) is 0 Å². The van der Waals surface area contributed by atoms with Crippen LogP contribution in [0.4, 0.5) is 0 Å². The van der Waals surface area contributed by atoms with E-state index in [0.29, 0.717) is 0 Å². The van der Waals surface area contributed by atoms with Crippen LogP contribution in [0.2, 0.25) is 0 Å². The van der Waals surface area contributed by atoms with Crippen molar-refractivity contribution >= 4 is 22.9 Å². The second-order valence-electron chi connectivity index (χ2n) is 11.9. The summed E-state index contributed by atoms with van der Waals surface area (Å²) < 4.78 is 0. The first-order chi connectivity index (χ1) is 21.7. The maximum atomic E-state index is 2.45. The highest BCUT2D eigenvalue weighted by atomic mass is 14.5. The van der Waals surface area contributed by atoms with Gasteiger partial charge in [-0.2, -0.15) is 0 Å². The molecule has 0 saturated heterocycles. The summed E-state index contributed by atoms with van der Waals surface area (Å²) >= 11 is 0. The third-order valence-corrected chi connectivity index (χ3v) is 9.17. The Bertz CT molecular complexity index is 2110. The molecular formula is C44H32. The molecular weight excluding hydrogens is 528 g/mol. The van der Waals surface area contributed by atoms with Gasteiger partial charge >= 0.3 is 0 Å². The van der Waals surface area contributed by atoms with Crippen LogP contribution in [0.15, 0.2) is 164 Å². The second kappa shape index (κ2) is 10.7. The van der Waals surface area contributed by atoms with E-state index in [9.17, 15) is 0 Å². The maximum absolute atomic E-state index is 2.45. The molecule has 7 aromatic rings. The van der Waals surface area contributed by atoms with Gasteiger partial charge in [0.05, 0.1) is 5.41 Å². The Hall–Kier alpha value is -5.46. The highest BCUT2D eigenvalue weighted by molar-refractivity contribution is 5.92. The highest BCUT2D eigenvalue weighted by Crippen LogP contribution is 2.56. The van der Waals surface area contributed by atoms with Crippen molar-refractivity contribution in [3.8, 4) is 22.3 Å². The van der Waals surface area contributed by atoms with Crippen molar-refractivity contribution in [1.82, 2.24) is 0 Å². The van der Waals surface area contributed by atoms with E-state index in [1.54, 1.807) is 0 Å². The molecule has 0 heterocycles. The number of aryl methyl sites for hydroxylation is 1. The summed E-state index contributed by atoms with van der Waals surface area (Å²) in [5.41, 5.74) is 13.7. The van der Waals surface area contributed by atoms with Crippen molar-refractivity contribution < 1.29 is 0 Å². The van der Waals surface area contributed by atoms with E-state index < -0.39 is 5.41 Å². The number of fused-ring (bicyclic) bond motifs is 4. The molecule has 0 aromatic heterocycles. The molecule has 0 fully saturated rings. The fraction of sp³-hybridized carbons (Fsp3) is 0.0455. The van der Waals surface area contributed by atoms with Gasteiger partial charge in [-0.15, -0.1) is 0 Å². The van der Waals surface area contributed by atoms with E-state index in [2.05, 4.69) is 183 Å². The van der Waals surface area contributed by atoms with Gasteiger partial charge in [-0.25, -0.2) is 0 Å². The van der Waals surface area contributed by atoms with Gasteiger partial charge in [-0.05, 0) is 91.5 Å². The molecule has 0 saturated carbocycles. The van der Waals surface area contributed by atoms with Crippen LogP contribution in [0.25, 0.3) is 45.2 Å². The van der Waals surface area contributed by atoms with E-state index in [-0.39, 0.29) is 0 Å². The van der Waals surface area contributed by atoms with Crippen molar-refractivity contribution in [3.05, 3.63) is 203 Å². The van der Waals surface area contributed by atoms with Crippen LogP contribution in [0.5, 0.6) is 0 Å². The van der Waals surface area contributed by atoms with Crippen LogP contribution in [-0.2, 0) is 5.41 Å². The molecule has 44 heavy (non-hydrogen) atoms. The van der Waals surface area contributed by atoms with Crippen molar-refractivity contribution in [2.45, 2.75) is 12.3 Å². The third kappa shape index (κ3) is 4.31. The molecule has 0 spiro atoms. The summed E-state index contributed by atoms with van der Waals surface area (Å²) in [6, 6.07) is 60.2. The fourth-order valence-corrected chi connectivity index (χ4v) is 7.09. The lowest BCUT2D eigenvalue weighted by Crippen LogP contribution is -2.28. The van der Waals surface area contributed by atoms with Crippen molar-refractivity contribution in [2.24, 2.45) is 0 Å². The lowest BCUT2D eigenvalue weighted by Gasteiger charge is -2.34. The summed E-state index contributed by atoms with van der Waals surface area (Å²) in [6.45, 7) is 2.20. The van der Waals surface area contributed by atoms with Crippen molar-refractivity contribution in [1.29, 1.82) is 0 Å². The first kappa shape index (κ1) is 26.2. The Morgan fingerprint density at radius 3 is 1.64 bits per heavy atom. The molecule has 8 rings (SSSR count). The van der Waals surface area contributed by atoms with Crippen molar-refractivity contribution in [2.75, 3.05) is 0 Å². The zero-order chi connectivity index (χ0) is 29.5. The molecule has 0 atom stereocenters. The predicted octanol–water partition coefficient (Wildman–Crippen LogP) is 11.3. The quantitative estimate of drug-likeness (QED) is 0.184. The monoisotopic (exact) mass is 560 g/mol. The number of rotatable bonds is 5. The van der Waals surface area contributed by atoms with E-state index >= 15 is 0 Å². The average molecular weight is 561 g/mol. The molecule has 1 aliphatic rings. The minimum atomic E-state index is -0.397. The molecule has 0 aliphatic heterocycles. The topological polar surface area (TPSA) is 0 Å². The van der Waals surface area contributed by atoms with Crippen LogP contribution >= 0.6 is 0 Å². The zero-order valence-corrected chi connectivity index (χ0v) is 24.7. The van der Waals surface area contributed by atoms with Gasteiger partial charge in [0.25, 0.3) is 0 Å². The fourth-order valence-electron chi connectivity index (χ4n) is 7.09. The molecule has 0 N–H and O–H groups in total. The van der Waals surface area contributed by atoms with E-state index in [1.807, 2.05) is 0 Å². The van der Waals surface area contributed by atoms with Crippen LogP contribution in [-0.4, -0.2) is 0 Å². The van der Waals surface area contributed by atoms with E-state index in [4.69, 9.17) is 0 Å². The third-order valence-electron chi connectivity index (χ3n) is 9.17. The van der Waals surface area contributed by atoms with Gasteiger partial charge in [0, 0.05) is 0 Å². The minimum absolute atomic E-state index is 0.397. The largest absolute Gasteiger partial charge is 0.0713 e. The second-order valence-corrected chi connectivity index (χ2v) is 11.9. The Kier molecular flexibility index (Phi) is 6.35. The molecule has 0 unspecified atom stereocenters. The predicted molar refractivity (Wildman–Crippen MR) is 187 cm³/mol. The molecule has 0 amide bonds. The Labute approximate surface area is 259 Å². The standard InChI is InChI=1S/C44H32/c1-31-17-25-40-41-26-24-37(36-23-22-34-28-33(20-21-35(34)29-36)19-18-32-11-5-2-6-12-32)30-43(41)44(42(40)27-31,38-13-7-3-8-14-38)39-15-9-4-10-16-39/h2-30H,1H3/b19-18+. The zero-order valence-electron chi connectivity index (χ0n) is 24.7. The first-order valence-corrected chi connectivity index (χ1v) is 15.3. The van der Waals surface area contributed by atoms with Gasteiger partial charge in [0.2, 0.25) is 0 Å². The molecule has 0 heteroatoms. The van der Waals surface area contributed by atoms with Crippen LogP contribution < -0.4 is 0 Å². The summed E-state index contributed by atoms with van der Waals surface area (Å²) in [4.78, 5) is 0. The van der Waals surface area contributed by atoms with Gasteiger partial charge in [0.15, 0.2) is 0 Å². The lowest BCUT2D eigenvalue weighted by molar-refractivity contribution is 0.768. The molecule has 1 aliphatic carbocycles. The van der Waals surface area contributed by atoms with Crippen LogP contribution in [0.1, 0.15) is 38.9 Å². The van der Waals surface area contributed by atoms with Crippen LogP contribution in [0.3, 0.4) is 0 Å².